The predicted molar refractivity (Wildman–Crippen MR) is 477 cm³/mol. The summed E-state index contributed by atoms with van der Waals surface area (Å²) in [6.07, 6.45) is 8.12. The highest BCUT2D eigenvalue weighted by Gasteiger charge is 2.38. The van der Waals surface area contributed by atoms with Gasteiger partial charge in [0.15, 0.2) is 0 Å². The summed E-state index contributed by atoms with van der Waals surface area (Å²) in [5.41, 5.74) is 21.7. The highest BCUT2D eigenvalue weighted by molar-refractivity contribution is 14.1. The molecular weight excluding hydrogens is 1790 g/mol. The van der Waals surface area contributed by atoms with Crippen molar-refractivity contribution in [2.45, 2.75) is 237 Å². The molecule has 0 unspecified atom stereocenters. The Hall–Kier alpha value is -4.92. The van der Waals surface area contributed by atoms with Gasteiger partial charge in [-0.2, -0.15) is 0 Å². The average Bonchev–Trinajstić information content (AvgIpc) is 0.719. The first kappa shape index (κ1) is 81.1. The zero-order valence-corrected chi connectivity index (χ0v) is 76.8. The molecule has 4 aliphatic heterocycles. The number of hydrogen-bond acceptors (Lipinski definition) is 8. The minimum Gasteiger partial charge on any atom is -0.489 e. The molecule has 4 heterocycles. The van der Waals surface area contributed by atoms with Gasteiger partial charge in [0.25, 0.3) is 0 Å². The smallest absolute Gasteiger partial charge is 0.126 e. The molecule has 0 saturated carbocycles. The van der Waals surface area contributed by atoms with E-state index in [2.05, 4.69) is 326 Å². The van der Waals surface area contributed by atoms with Gasteiger partial charge in [-0.15, -0.1) is 0 Å². The van der Waals surface area contributed by atoms with Crippen molar-refractivity contribution in [3.8, 4) is 46.0 Å². The molecule has 576 valence electrons. The number of fused-ring (bicyclic) bond motifs is 12. The molecule has 0 aromatic heterocycles. The van der Waals surface area contributed by atoms with Crippen molar-refractivity contribution in [1.29, 1.82) is 0 Å². The topological polar surface area (TPSA) is 73.8 Å². The first-order valence-corrected chi connectivity index (χ1v) is 43.7. The molecule has 2 aliphatic carbocycles. The zero-order chi connectivity index (χ0) is 77.6. The quantitative estimate of drug-likeness (QED) is 0.139. The molecule has 0 amide bonds. The Balaban J connectivity index is 1.22. The van der Waals surface area contributed by atoms with E-state index in [1.165, 1.54) is 22.3 Å². The molecule has 0 saturated heterocycles. The summed E-state index contributed by atoms with van der Waals surface area (Å²) in [4.78, 5) is 0. The lowest BCUT2D eigenvalue weighted by atomic mass is 9.70. The lowest BCUT2D eigenvalue weighted by molar-refractivity contribution is 0.206. The van der Waals surface area contributed by atoms with Crippen LogP contribution in [-0.4, -0.2) is 52.9 Å². The predicted octanol–water partition coefficient (Wildman–Crippen LogP) is 25.1. The Morgan fingerprint density at radius 3 is 0.417 bits per heavy atom. The van der Waals surface area contributed by atoms with Gasteiger partial charge in [-0.1, -0.05) is 187 Å². The van der Waals surface area contributed by atoms with Crippen LogP contribution in [0.1, 0.15) is 275 Å². The van der Waals surface area contributed by atoms with Crippen LogP contribution in [0.2, 0.25) is 0 Å². The molecule has 0 fully saturated rings. The van der Waals surface area contributed by atoms with Crippen LogP contribution in [0.15, 0.2) is 97.1 Å². The Morgan fingerprint density at radius 1 is 0.194 bits per heavy atom. The first-order chi connectivity index (χ1) is 50.5. The second-order valence-corrected chi connectivity index (χ2v) is 44.4. The van der Waals surface area contributed by atoms with Crippen molar-refractivity contribution in [3.63, 3.8) is 0 Å². The van der Waals surface area contributed by atoms with Crippen LogP contribution in [0.3, 0.4) is 0 Å². The summed E-state index contributed by atoms with van der Waals surface area (Å²) in [6, 6.07) is 38.6. The molecule has 8 nitrogen and oxygen atoms in total. The van der Waals surface area contributed by atoms with E-state index < -0.39 is 0 Å². The lowest BCUT2D eigenvalue weighted by Crippen LogP contribution is -2.26. The third-order valence-corrected chi connectivity index (χ3v) is 24.7. The van der Waals surface area contributed by atoms with Crippen molar-refractivity contribution in [2.24, 2.45) is 21.7 Å². The van der Waals surface area contributed by atoms with Crippen LogP contribution in [0.25, 0.3) is 0 Å². The van der Waals surface area contributed by atoms with Crippen molar-refractivity contribution in [3.05, 3.63) is 223 Å². The van der Waals surface area contributed by atoms with E-state index in [9.17, 15) is 0 Å². The molecule has 6 aliphatic rings. The fraction of sp³-hybridized carbons (Fsp3) is 0.500. The Morgan fingerprint density at radius 2 is 0.306 bits per heavy atom. The van der Waals surface area contributed by atoms with Gasteiger partial charge in [-0.25, -0.2) is 0 Å². The maximum Gasteiger partial charge on any atom is 0.126 e. The molecule has 14 rings (SSSR count). The largest absolute Gasteiger partial charge is 0.489 e. The molecule has 0 spiro atoms. The van der Waals surface area contributed by atoms with E-state index in [-0.39, 0.29) is 96.2 Å². The van der Waals surface area contributed by atoms with E-state index in [0.717, 1.165) is 175 Å². The summed E-state index contributed by atoms with van der Waals surface area (Å²) in [6.45, 7) is 50.4. The van der Waals surface area contributed by atoms with Crippen molar-refractivity contribution in [2.75, 3.05) is 52.9 Å². The molecular formula is C96H116I4O8. The molecule has 8 aromatic rings. The Bertz CT molecular complexity index is 3970. The Kier molecular flexibility index (Phi) is 23.4. The summed E-state index contributed by atoms with van der Waals surface area (Å²) < 4.78 is 66.0. The molecule has 0 N–H and O–H groups in total. The lowest BCUT2D eigenvalue weighted by Gasteiger charge is -2.36. The molecule has 0 radical (unpaired) electrons. The monoisotopic (exact) mass is 1900 g/mol. The summed E-state index contributed by atoms with van der Waals surface area (Å²) >= 11 is 10.1. The van der Waals surface area contributed by atoms with E-state index in [0.29, 0.717) is 51.4 Å². The van der Waals surface area contributed by atoms with Crippen molar-refractivity contribution < 1.29 is 37.9 Å². The zero-order valence-electron chi connectivity index (χ0n) is 68.2. The first-order valence-electron chi connectivity index (χ1n) is 39.4. The van der Waals surface area contributed by atoms with Crippen LogP contribution in [0, 0.1) is 35.9 Å². The molecule has 24 bridgehead atoms. The van der Waals surface area contributed by atoms with Gasteiger partial charge < -0.3 is 37.9 Å². The van der Waals surface area contributed by atoms with Gasteiger partial charge in [0, 0.05) is 65.6 Å². The summed E-state index contributed by atoms with van der Waals surface area (Å²) in [5.74, 6) is 6.94. The van der Waals surface area contributed by atoms with E-state index in [1.807, 2.05) is 0 Å². The van der Waals surface area contributed by atoms with Gasteiger partial charge in [0.05, 0.1) is 0 Å². The average molecular weight is 1910 g/mol. The number of halogens is 4. The minimum atomic E-state index is -0.258. The summed E-state index contributed by atoms with van der Waals surface area (Å²) in [7, 11) is 0. The highest BCUT2D eigenvalue weighted by atomic mass is 127. The van der Waals surface area contributed by atoms with Gasteiger partial charge in [-0.3, -0.25) is 0 Å². The minimum absolute atomic E-state index is 0.0191. The van der Waals surface area contributed by atoms with Gasteiger partial charge in [0.1, 0.15) is 98.9 Å². The standard InChI is InChI=1S/C96H116I4O8/c1-89(2,3)53-93(13,14)73-37-57-29-59-39-74(94(15,16)54-90(4,5)6)41-61-31-63-43-76(96(19,20)56-92(10,11)12)44-64-32-62-42-75(95(17,18)55-91(7,8)9)40-60-30-58(38-73)81(57)101-21-25-105-85-65-33-67-47-78(98)49-69(86(67)106-26-22-102-82(59)61)35-71-51-80(100)52-72(88(71)108-28-24-104-84(63)64)36-70-50-79(99)48-68(34-66(85)46-77(97)45-65)87(70)107-27-23-103-83(60)62/h37-52H,21-36,53-56H2,1-20H3. The van der Waals surface area contributed by atoms with Crippen LogP contribution < -0.4 is 37.9 Å². The maximum absolute atomic E-state index is 7.81. The van der Waals surface area contributed by atoms with Crippen LogP contribution in [0.4, 0.5) is 0 Å². The normalized spacial score (nSPS) is 15.9. The van der Waals surface area contributed by atoms with E-state index >= 15 is 0 Å². The number of hydrogen-bond donors (Lipinski definition) is 0. The number of ether oxygens (including phenoxy) is 8. The van der Waals surface area contributed by atoms with Crippen LogP contribution >= 0.6 is 90.4 Å². The van der Waals surface area contributed by atoms with Gasteiger partial charge >= 0.3 is 0 Å². The maximum atomic E-state index is 7.81. The molecule has 108 heavy (non-hydrogen) atoms. The van der Waals surface area contributed by atoms with Crippen LogP contribution in [-0.2, 0) is 73.0 Å². The van der Waals surface area contributed by atoms with Crippen LogP contribution in [0.5, 0.6) is 46.0 Å². The molecule has 0 atom stereocenters. The second kappa shape index (κ2) is 31.1. The summed E-state index contributed by atoms with van der Waals surface area (Å²) in [5, 5.41) is 0. The molecule has 8 aromatic carbocycles. The third-order valence-electron chi connectivity index (χ3n) is 22.2. The van der Waals surface area contributed by atoms with E-state index in [1.54, 1.807) is 0 Å². The highest BCUT2D eigenvalue weighted by Crippen LogP contribution is 2.51. The van der Waals surface area contributed by atoms with Crippen molar-refractivity contribution in [1.82, 2.24) is 0 Å². The van der Waals surface area contributed by atoms with Crippen molar-refractivity contribution >= 4 is 90.4 Å². The van der Waals surface area contributed by atoms with Gasteiger partial charge in [-0.05, 0) is 319 Å². The van der Waals surface area contributed by atoms with Gasteiger partial charge in [0.2, 0.25) is 0 Å². The number of rotatable bonds is 8. The SMILES string of the molecule is CC(C)(C)CC(C)(C)c1cc2c3c(c1)Cc1cc(C(C)(C)CC(C)(C)C)cc4c1OCCOc1c5cc(I)cc1Cc1cc(I)cc6c1OCCOc1c(cc(C(C)(C)CC(C)(C)C)cc1C4)Cc1cc(C(C)(C)CC(C)(C)C)cc(c1OCCOc1c(cc(I)cc1C6)Cc1cc(I)cc(c1OCCO3)C5)C2. The molecule has 12 heteroatoms. The second-order valence-electron chi connectivity index (χ2n) is 39.4. The third kappa shape index (κ3) is 19.0. The fourth-order valence-corrected chi connectivity index (χ4v) is 22.5. The number of benzene rings is 8. The van der Waals surface area contributed by atoms with E-state index in [4.69, 9.17) is 37.9 Å². The Labute approximate surface area is 701 Å². The fourth-order valence-electron chi connectivity index (χ4n) is 19.5.